The van der Waals surface area contributed by atoms with Crippen LogP contribution < -0.4 is 5.32 Å². The van der Waals surface area contributed by atoms with Crippen LogP contribution in [0.2, 0.25) is 0 Å². The minimum Gasteiger partial charge on any atom is -0.378 e. The third-order valence-electron chi connectivity index (χ3n) is 5.01. The molecule has 2 aliphatic rings. The molecule has 0 saturated carbocycles. The van der Waals surface area contributed by atoms with Gasteiger partial charge in [-0.15, -0.1) is 0 Å². The second-order valence-electron chi connectivity index (χ2n) is 6.83. The molecule has 2 saturated heterocycles. The van der Waals surface area contributed by atoms with Gasteiger partial charge in [-0.25, -0.2) is 0 Å². The molecule has 1 aromatic carbocycles. The van der Waals surface area contributed by atoms with Crippen molar-refractivity contribution >= 4 is 5.91 Å². The van der Waals surface area contributed by atoms with Crippen molar-refractivity contribution in [1.82, 2.24) is 15.1 Å². The van der Waals surface area contributed by atoms with Crippen LogP contribution in [0.5, 0.6) is 0 Å². The summed E-state index contributed by atoms with van der Waals surface area (Å²) in [7, 11) is 0. The fourth-order valence-electron chi connectivity index (χ4n) is 3.68. The Kier molecular flexibility index (Phi) is 6.24. The Morgan fingerprint density at radius 3 is 2.92 bits per heavy atom. The standard InChI is InChI=1S/C19H29N3O2/c1-2-22(19(23)18-15-24-11-9-20-18)14-17-8-10-21(13-17)12-16-6-4-3-5-7-16/h3-7,17-18,20H,2,8-15H2,1H3. The molecule has 5 heteroatoms. The normalized spacial score (nSPS) is 24.9. The number of carbonyl (C=O) groups is 1. The van der Waals surface area contributed by atoms with Crippen LogP contribution in [0, 0.1) is 5.92 Å². The van der Waals surface area contributed by atoms with Crippen molar-refractivity contribution in [2.24, 2.45) is 5.92 Å². The van der Waals surface area contributed by atoms with Gasteiger partial charge in [0.05, 0.1) is 13.2 Å². The SMILES string of the molecule is CCN(CC1CCN(Cc2ccccc2)C1)C(=O)C1COCCN1. The summed E-state index contributed by atoms with van der Waals surface area (Å²) in [5, 5.41) is 3.27. The Morgan fingerprint density at radius 1 is 1.38 bits per heavy atom. The molecule has 5 nitrogen and oxygen atoms in total. The lowest BCUT2D eigenvalue weighted by molar-refractivity contribution is -0.136. The van der Waals surface area contributed by atoms with Crippen LogP contribution in [0.15, 0.2) is 30.3 Å². The highest BCUT2D eigenvalue weighted by Crippen LogP contribution is 2.20. The Hall–Kier alpha value is -1.43. The van der Waals surface area contributed by atoms with E-state index in [2.05, 4.69) is 47.5 Å². The van der Waals surface area contributed by atoms with Gasteiger partial charge in [0.25, 0.3) is 0 Å². The van der Waals surface area contributed by atoms with E-state index in [1.54, 1.807) is 0 Å². The highest BCUT2D eigenvalue weighted by Gasteiger charge is 2.29. The molecular formula is C19H29N3O2. The molecule has 0 aromatic heterocycles. The number of benzene rings is 1. The van der Waals surface area contributed by atoms with Crippen molar-refractivity contribution in [2.45, 2.75) is 25.9 Å². The molecule has 2 heterocycles. The molecule has 2 atom stereocenters. The molecule has 0 radical (unpaired) electrons. The van der Waals surface area contributed by atoms with Gasteiger partial charge in [0.2, 0.25) is 5.91 Å². The van der Waals surface area contributed by atoms with Gasteiger partial charge in [-0.3, -0.25) is 9.69 Å². The first kappa shape index (κ1) is 17.4. The van der Waals surface area contributed by atoms with Crippen LogP contribution in [-0.4, -0.2) is 67.7 Å². The van der Waals surface area contributed by atoms with Gasteiger partial charge in [0.15, 0.2) is 0 Å². The molecule has 1 N–H and O–H groups in total. The number of ether oxygens (including phenoxy) is 1. The van der Waals surface area contributed by atoms with Crippen LogP contribution >= 0.6 is 0 Å². The van der Waals surface area contributed by atoms with Crippen LogP contribution in [-0.2, 0) is 16.1 Å². The minimum atomic E-state index is -0.166. The molecule has 2 aliphatic heterocycles. The molecule has 2 fully saturated rings. The maximum Gasteiger partial charge on any atom is 0.242 e. The number of nitrogens with zero attached hydrogens (tertiary/aromatic N) is 2. The van der Waals surface area contributed by atoms with Crippen molar-refractivity contribution in [2.75, 3.05) is 45.9 Å². The lowest BCUT2D eigenvalue weighted by Gasteiger charge is -2.31. The summed E-state index contributed by atoms with van der Waals surface area (Å²) in [5.74, 6) is 0.765. The summed E-state index contributed by atoms with van der Waals surface area (Å²) in [6.45, 7) is 8.87. The first-order valence-corrected chi connectivity index (χ1v) is 9.12. The average Bonchev–Trinajstić information content (AvgIpc) is 3.07. The van der Waals surface area contributed by atoms with Gasteiger partial charge in [0.1, 0.15) is 6.04 Å². The molecule has 3 rings (SSSR count). The molecule has 132 valence electrons. The Bertz CT molecular complexity index is 517. The number of likely N-dealkylation sites (N-methyl/N-ethyl adjacent to an activating group) is 1. The summed E-state index contributed by atoms with van der Waals surface area (Å²) in [6.07, 6.45) is 1.17. The van der Waals surface area contributed by atoms with Gasteiger partial charge in [0, 0.05) is 32.7 Å². The van der Waals surface area contributed by atoms with Crippen molar-refractivity contribution in [3.63, 3.8) is 0 Å². The van der Waals surface area contributed by atoms with E-state index in [9.17, 15) is 4.79 Å². The van der Waals surface area contributed by atoms with Gasteiger partial charge in [-0.05, 0) is 31.4 Å². The maximum atomic E-state index is 12.7. The minimum absolute atomic E-state index is 0.166. The third-order valence-corrected chi connectivity index (χ3v) is 5.01. The topological polar surface area (TPSA) is 44.8 Å². The molecular weight excluding hydrogens is 302 g/mol. The average molecular weight is 331 g/mol. The number of nitrogens with one attached hydrogen (secondary N) is 1. The van der Waals surface area contributed by atoms with Crippen LogP contribution in [0.4, 0.5) is 0 Å². The molecule has 0 aliphatic carbocycles. The van der Waals surface area contributed by atoms with Crippen molar-refractivity contribution in [3.8, 4) is 0 Å². The van der Waals surface area contributed by atoms with Crippen molar-refractivity contribution < 1.29 is 9.53 Å². The molecule has 2 unspecified atom stereocenters. The van der Waals surface area contributed by atoms with Gasteiger partial charge < -0.3 is 15.0 Å². The van der Waals surface area contributed by atoms with E-state index < -0.39 is 0 Å². The van der Waals surface area contributed by atoms with E-state index in [-0.39, 0.29) is 11.9 Å². The quantitative estimate of drug-likeness (QED) is 0.855. The number of hydrogen-bond acceptors (Lipinski definition) is 4. The molecule has 0 spiro atoms. The smallest absolute Gasteiger partial charge is 0.242 e. The number of amides is 1. The number of morpholine rings is 1. The second kappa shape index (κ2) is 8.60. The Balaban J connectivity index is 1.48. The molecule has 0 bridgehead atoms. The van der Waals surface area contributed by atoms with Crippen LogP contribution in [0.1, 0.15) is 18.9 Å². The van der Waals surface area contributed by atoms with Gasteiger partial charge in [-0.1, -0.05) is 30.3 Å². The van der Waals surface area contributed by atoms with E-state index in [0.717, 1.165) is 39.3 Å². The highest BCUT2D eigenvalue weighted by atomic mass is 16.5. The summed E-state index contributed by atoms with van der Waals surface area (Å²) < 4.78 is 5.43. The van der Waals surface area contributed by atoms with Crippen molar-refractivity contribution in [1.29, 1.82) is 0 Å². The predicted octanol–water partition coefficient (Wildman–Crippen LogP) is 1.35. The van der Waals surface area contributed by atoms with E-state index >= 15 is 0 Å². The Labute approximate surface area is 145 Å². The fourth-order valence-corrected chi connectivity index (χ4v) is 3.68. The zero-order valence-electron chi connectivity index (χ0n) is 14.6. The Morgan fingerprint density at radius 2 is 2.21 bits per heavy atom. The molecule has 1 aromatic rings. The lowest BCUT2D eigenvalue weighted by Crippen LogP contribution is -2.53. The number of hydrogen-bond donors (Lipinski definition) is 1. The monoisotopic (exact) mass is 331 g/mol. The highest BCUT2D eigenvalue weighted by molar-refractivity contribution is 5.82. The second-order valence-corrected chi connectivity index (χ2v) is 6.83. The summed E-state index contributed by atoms with van der Waals surface area (Å²) in [6, 6.07) is 10.5. The van der Waals surface area contributed by atoms with Crippen LogP contribution in [0.3, 0.4) is 0 Å². The largest absolute Gasteiger partial charge is 0.378 e. The number of likely N-dealkylation sites (tertiary alicyclic amines) is 1. The number of rotatable bonds is 6. The maximum absolute atomic E-state index is 12.7. The van der Waals surface area contributed by atoms with Gasteiger partial charge in [-0.2, -0.15) is 0 Å². The fraction of sp³-hybridized carbons (Fsp3) is 0.632. The predicted molar refractivity (Wildman–Crippen MR) is 94.7 cm³/mol. The van der Waals surface area contributed by atoms with E-state index in [0.29, 0.717) is 19.1 Å². The first-order chi connectivity index (χ1) is 11.8. The van der Waals surface area contributed by atoms with Crippen molar-refractivity contribution in [3.05, 3.63) is 35.9 Å². The van der Waals surface area contributed by atoms with Crippen LogP contribution in [0.25, 0.3) is 0 Å². The summed E-state index contributed by atoms with van der Waals surface area (Å²) in [5.41, 5.74) is 1.37. The summed E-state index contributed by atoms with van der Waals surface area (Å²) >= 11 is 0. The zero-order valence-corrected chi connectivity index (χ0v) is 14.6. The van der Waals surface area contributed by atoms with E-state index in [1.807, 2.05) is 4.90 Å². The van der Waals surface area contributed by atoms with E-state index in [4.69, 9.17) is 4.74 Å². The van der Waals surface area contributed by atoms with E-state index in [1.165, 1.54) is 12.0 Å². The zero-order chi connectivity index (χ0) is 16.8. The van der Waals surface area contributed by atoms with Gasteiger partial charge >= 0.3 is 0 Å². The number of carbonyl (C=O) groups excluding carboxylic acids is 1. The first-order valence-electron chi connectivity index (χ1n) is 9.12. The third kappa shape index (κ3) is 4.56. The lowest BCUT2D eigenvalue weighted by atomic mass is 10.1. The molecule has 1 amide bonds. The summed E-state index contributed by atoms with van der Waals surface area (Å²) in [4.78, 5) is 17.2. The molecule has 24 heavy (non-hydrogen) atoms.